The second-order valence-electron chi connectivity index (χ2n) is 4.10. The van der Waals surface area contributed by atoms with E-state index in [1.807, 2.05) is 0 Å². The van der Waals surface area contributed by atoms with Gasteiger partial charge in [-0.1, -0.05) is 13.8 Å². The van der Waals surface area contributed by atoms with E-state index >= 15 is 0 Å². The zero-order valence-electron chi connectivity index (χ0n) is 10.4. The van der Waals surface area contributed by atoms with Crippen LogP contribution < -0.4 is 21.4 Å². The van der Waals surface area contributed by atoms with Crippen LogP contribution in [0.3, 0.4) is 0 Å². The Hall–Kier alpha value is -0.900. The van der Waals surface area contributed by atoms with Gasteiger partial charge in [0, 0.05) is 16.3 Å². The van der Waals surface area contributed by atoms with E-state index in [2.05, 4.69) is 25.9 Å². The summed E-state index contributed by atoms with van der Waals surface area (Å²) in [5.74, 6) is 1.05. The van der Waals surface area contributed by atoms with E-state index in [4.69, 9.17) is 29.0 Å². The highest BCUT2D eigenvalue weighted by Crippen LogP contribution is 1.82. The lowest BCUT2D eigenvalue weighted by Gasteiger charge is -2.14. The predicted molar refractivity (Wildman–Crippen MR) is 61.1 cm³/mol. The molecule has 0 aromatic rings. The molecular formula is C8H22N4O4S. The fraction of sp³-hybridized carbons (Fsp3) is 0.875. The van der Waals surface area contributed by atoms with Crippen LogP contribution in [0.5, 0.6) is 0 Å². The number of nitrogens with one attached hydrogen (secondary N) is 2. The van der Waals surface area contributed by atoms with Crippen molar-refractivity contribution in [3.63, 3.8) is 0 Å². The van der Waals surface area contributed by atoms with E-state index in [9.17, 15) is 0 Å². The summed E-state index contributed by atoms with van der Waals surface area (Å²) < 4.78 is 34.1. The molecule has 0 saturated carbocycles. The monoisotopic (exact) mass is 270 g/mol. The lowest BCUT2D eigenvalue weighted by atomic mass is 10.2. The molecule has 0 heterocycles. The van der Waals surface area contributed by atoms with E-state index in [0.29, 0.717) is 5.96 Å². The molecule has 1 unspecified atom stereocenters. The minimum absolute atomic E-state index is 0.312. The number of quaternary nitrogens is 1. The van der Waals surface area contributed by atoms with Crippen LogP contribution in [0.25, 0.3) is 0 Å². The summed E-state index contributed by atoms with van der Waals surface area (Å²) >= 11 is 0. The van der Waals surface area contributed by atoms with Crippen LogP contribution in [-0.2, 0) is 10.4 Å². The Morgan fingerprint density at radius 3 is 2.06 bits per heavy atom. The van der Waals surface area contributed by atoms with Gasteiger partial charge in [-0.2, -0.15) is 0 Å². The van der Waals surface area contributed by atoms with Gasteiger partial charge in [-0.15, -0.1) is 0 Å². The molecule has 104 valence electrons. The number of rotatable bonds is 5. The average Bonchev–Trinajstić information content (AvgIpc) is 1.97. The van der Waals surface area contributed by atoms with Crippen molar-refractivity contribution in [2.24, 2.45) is 17.4 Å². The zero-order valence-corrected chi connectivity index (χ0v) is 11.2. The maximum Gasteiger partial charge on any atom is 0.338 e. The highest BCUT2D eigenvalue weighted by Gasteiger charge is 2.03. The van der Waals surface area contributed by atoms with Gasteiger partial charge in [0.1, 0.15) is 13.1 Å². The molecule has 0 aliphatic carbocycles. The number of hydrogen-bond acceptors (Lipinski definition) is 4. The largest absolute Gasteiger partial charge is 0.759 e. The SMILES string of the molecule is CC(C)C[NH+](C)CC[NH+]=C(N)N.O=S(=O)([O-])[O-]. The Morgan fingerprint density at radius 2 is 1.76 bits per heavy atom. The standard InChI is InChI=1S/C8H20N4.H2O4S/c1-7(2)6-12(3)5-4-11-8(9)10;1-5(2,3)4/h7H,4-6H2,1-3H3,(H4,9,10,11);(H2,1,2,3,4). The van der Waals surface area contributed by atoms with Gasteiger partial charge in [0.05, 0.1) is 13.6 Å². The van der Waals surface area contributed by atoms with Crippen LogP contribution in [-0.4, -0.2) is 50.2 Å². The molecule has 0 rings (SSSR count). The van der Waals surface area contributed by atoms with E-state index in [0.717, 1.165) is 19.0 Å². The third-order valence-corrected chi connectivity index (χ3v) is 1.64. The van der Waals surface area contributed by atoms with Crippen LogP contribution >= 0.6 is 0 Å². The summed E-state index contributed by atoms with van der Waals surface area (Å²) in [6.45, 7) is 7.53. The highest BCUT2D eigenvalue weighted by atomic mass is 32.3. The van der Waals surface area contributed by atoms with Crippen molar-refractivity contribution in [1.29, 1.82) is 0 Å². The molecule has 0 saturated heterocycles. The quantitative estimate of drug-likeness (QED) is 0.170. The van der Waals surface area contributed by atoms with Gasteiger partial charge < -0.3 is 14.0 Å². The second kappa shape index (κ2) is 9.16. The minimum atomic E-state index is -5.17. The summed E-state index contributed by atoms with van der Waals surface area (Å²) in [7, 11) is -2.99. The maximum absolute atomic E-state index is 8.52. The Kier molecular flexibility index (Phi) is 9.95. The Balaban J connectivity index is 0. The smallest absolute Gasteiger partial charge is 0.338 e. The lowest BCUT2D eigenvalue weighted by Crippen LogP contribution is -3.11. The fourth-order valence-corrected chi connectivity index (χ4v) is 1.22. The average molecular weight is 270 g/mol. The number of hydrogen-bond donors (Lipinski definition) is 4. The molecule has 0 spiro atoms. The summed E-state index contributed by atoms with van der Waals surface area (Å²) in [4.78, 5) is 4.40. The van der Waals surface area contributed by atoms with Crippen LogP contribution in [0.15, 0.2) is 0 Å². The van der Waals surface area contributed by atoms with E-state index in [1.165, 1.54) is 11.4 Å². The minimum Gasteiger partial charge on any atom is -0.759 e. The van der Waals surface area contributed by atoms with Crippen molar-refractivity contribution in [3.8, 4) is 0 Å². The van der Waals surface area contributed by atoms with E-state index in [1.54, 1.807) is 0 Å². The number of guanidine groups is 1. The van der Waals surface area contributed by atoms with Crippen LogP contribution in [0.1, 0.15) is 13.8 Å². The maximum atomic E-state index is 8.52. The van der Waals surface area contributed by atoms with Gasteiger partial charge in [0.15, 0.2) is 0 Å². The van der Waals surface area contributed by atoms with Gasteiger partial charge >= 0.3 is 5.96 Å². The first-order valence-electron chi connectivity index (χ1n) is 5.12. The molecule has 0 aromatic heterocycles. The normalized spacial score (nSPS) is 12.6. The first-order valence-corrected chi connectivity index (χ1v) is 6.45. The Labute approximate surface area is 102 Å². The van der Waals surface area contributed by atoms with Gasteiger partial charge in [-0.3, -0.25) is 24.9 Å². The molecule has 0 bridgehead atoms. The van der Waals surface area contributed by atoms with Crippen LogP contribution in [0.2, 0.25) is 0 Å². The second-order valence-corrected chi connectivity index (χ2v) is 4.91. The summed E-state index contributed by atoms with van der Waals surface area (Å²) in [5, 5.41) is 0. The van der Waals surface area contributed by atoms with Crippen molar-refractivity contribution >= 4 is 16.4 Å². The molecule has 0 amide bonds. The molecule has 1 atom stereocenters. The van der Waals surface area contributed by atoms with Crippen molar-refractivity contribution < 1.29 is 27.4 Å². The van der Waals surface area contributed by atoms with Gasteiger partial charge in [0.2, 0.25) is 0 Å². The molecule has 0 radical (unpaired) electrons. The lowest BCUT2D eigenvalue weighted by molar-refractivity contribution is -0.889. The fourth-order valence-electron chi connectivity index (χ4n) is 1.22. The summed E-state index contributed by atoms with van der Waals surface area (Å²) in [6, 6.07) is 0. The van der Waals surface area contributed by atoms with Crippen LogP contribution in [0, 0.1) is 5.92 Å². The topological polar surface area (TPSA) is 151 Å². The highest BCUT2D eigenvalue weighted by molar-refractivity contribution is 7.79. The first-order chi connectivity index (χ1) is 7.52. The molecule has 0 aromatic carbocycles. The third-order valence-electron chi connectivity index (χ3n) is 1.64. The van der Waals surface area contributed by atoms with Crippen molar-refractivity contribution in [3.05, 3.63) is 0 Å². The first kappa shape index (κ1) is 18.5. The Morgan fingerprint density at radius 1 is 1.35 bits per heavy atom. The molecule has 17 heavy (non-hydrogen) atoms. The van der Waals surface area contributed by atoms with E-state index < -0.39 is 10.4 Å². The van der Waals surface area contributed by atoms with E-state index in [-0.39, 0.29) is 0 Å². The molecule has 9 heteroatoms. The summed E-state index contributed by atoms with van der Waals surface area (Å²) in [5.41, 5.74) is 10.5. The van der Waals surface area contributed by atoms with Crippen molar-refractivity contribution in [1.82, 2.24) is 0 Å². The summed E-state index contributed by atoms with van der Waals surface area (Å²) in [6.07, 6.45) is 0. The third kappa shape index (κ3) is 31.3. The molecule has 0 aliphatic heterocycles. The molecule has 8 nitrogen and oxygen atoms in total. The number of nitrogens with two attached hydrogens (primary N) is 2. The predicted octanol–water partition coefficient (Wildman–Crippen LogP) is -4.83. The molecular weight excluding hydrogens is 248 g/mol. The van der Waals surface area contributed by atoms with Crippen LogP contribution in [0.4, 0.5) is 0 Å². The van der Waals surface area contributed by atoms with Crippen molar-refractivity contribution in [2.45, 2.75) is 13.8 Å². The Bertz CT molecular complexity index is 303. The van der Waals surface area contributed by atoms with Gasteiger partial charge in [-0.05, 0) is 0 Å². The zero-order chi connectivity index (χ0) is 14.1. The molecule has 0 aliphatic rings. The molecule has 6 N–H and O–H groups in total. The van der Waals surface area contributed by atoms with Gasteiger partial charge in [-0.25, -0.2) is 0 Å². The van der Waals surface area contributed by atoms with Gasteiger partial charge in [0.25, 0.3) is 0 Å². The molecule has 0 fully saturated rings. The van der Waals surface area contributed by atoms with Crippen molar-refractivity contribution in [2.75, 3.05) is 26.7 Å². The number of likely N-dealkylation sites (N-methyl/N-ethyl adjacent to an activating group) is 1.